The van der Waals surface area contributed by atoms with Crippen LogP contribution in [-0.2, 0) is 13.0 Å². The molecule has 2 aromatic rings. The van der Waals surface area contributed by atoms with Crippen LogP contribution in [0.25, 0.3) is 0 Å². The summed E-state index contributed by atoms with van der Waals surface area (Å²) in [7, 11) is 0. The van der Waals surface area contributed by atoms with Gasteiger partial charge in [0.15, 0.2) is 4.77 Å². The van der Waals surface area contributed by atoms with E-state index in [9.17, 15) is 4.79 Å². The predicted molar refractivity (Wildman–Crippen MR) is 78.3 cm³/mol. The van der Waals surface area contributed by atoms with Crippen molar-refractivity contribution in [1.29, 1.82) is 0 Å². The van der Waals surface area contributed by atoms with E-state index in [1.54, 1.807) is 6.20 Å². The summed E-state index contributed by atoms with van der Waals surface area (Å²) in [5.41, 5.74) is 2.09. The van der Waals surface area contributed by atoms with Crippen molar-refractivity contribution in [3.63, 3.8) is 0 Å². The molecule has 1 aromatic carbocycles. The highest BCUT2D eigenvalue weighted by Crippen LogP contribution is 2.33. The predicted octanol–water partition coefficient (Wildman–Crippen LogP) is 2.65. The molecule has 0 saturated heterocycles. The lowest BCUT2D eigenvalue weighted by Gasteiger charge is -2.11. The summed E-state index contributed by atoms with van der Waals surface area (Å²) in [5, 5.41) is 0. The first-order valence-corrected chi connectivity index (χ1v) is 7.07. The van der Waals surface area contributed by atoms with Crippen LogP contribution in [0.3, 0.4) is 0 Å². The molecule has 1 N–H and O–H groups in total. The molecule has 0 aliphatic carbocycles. The Bertz CT molecular complexity index is 751. The normalized spacial score (nSPS) is 13.1. The molecule has 3 rings (SSSR count). The quantitative estimate of drug-likeness (QED) is 0.856. The Hall–Kier alpha value is -1.40. The van der Waals surface area contributed by atoms with Crippen molar-refractivity contribution < 1.29 is 4.74 Å². The van der Waals surface area contributed by atoms with E-state index in [0.29, 0.717) is 11.3 Å². The number of aromatic nitrogens is 2. The minimum Gasteiger partial charge on any atom is -0.493 e. The number of nitrogens with zero attached hydrogens (tertiary/aromatic N) is 1. The lowest BCUT2D eigenvalue weighted by Crippen LogP contribution is -2.12. The molecule has 98 valence electrons. The van der Waals surface area contributed by atoms with E-state index >= 15 is 0 Å². The number of hydrogen-bond donors (Lipinski definition) is 1. The molecule has 0 spiro atoms. The number of rotatable bonds is 2. The summed E-state index contributed by atoms with van der Waals surface area (Å²) < 4.78 is 8.95. The van der Waals surface area contributed by atoms with Crippen LogP contribution in [0.15, 0.2) is 33.7 Å². The van der Waals surface area contributed by atoms with Crippen molar-refractivity contribution in [2.45, 2.75) is 13.0 Å². The van der Waals surface area contributed by atoms with Gasteiger partial charge in [-0.15, -0.1) is 0 Å². The molecule has 1 aliphatic heterocycles. The lowest BCUT2D eigenvalue weighted by atomic mass is 10.1. The summed E-state index contributed by atoms with van der Waals surface area (Å²) in [6.45, 7) is 1.30. The Morgan fingerprint density at radius 3 is 3.11 bits per heavy atom. The summed E-state index contributed by atoms with van der Waals surface area (Å²) in [5.74, 6) is 0.941. The van der Waals surface area contributed by atoms with Crippen LogP contribution in [-0.4, -0.2) is 16.2 Å². The first kappa shape index (κ1) is 12.6. The maximum Gasteiger partial charge on any atom is 0.251 e. The molecule has 4 nitrogen and oxygen atoms in total. The van der Waals surface area contributed by atoms with Gasteiger partial charge in [0, 0.05) is 28.7 Å². The second-order valence-corrected chi connectivity index (χ2v) is 5.69. The first-order chi connectivity index (χ1) is 9.13. The molecule has 19 heavy (non-hydrogen) atoms. The van der Waals surface area contributed by atoms with Gasteiger partial charge in [0.2, 0.25) is 0 Å². The van der Waals surface area contributed by atoms with Crippen molar-refractivity contribution in [3.8, 4) is 5.75 Å². The van der Waals surface area contributed by atoms with Gasteiger partial charge >= 0.3 is 0 Å². The van der Waals surface area contributed by atoms with Crippen LogP contribution in [0.2, 0.25) is 0 Å². The molecule has 0 amide bonds. The minimum atomic E-state index is -0.183. The Balaban J connectivity index is 2.04. The van der Waals surface area contributed by atoms with Gasteiger partial charge in [-0.3, -0.25) is 9.78 Å². The number of benzene rings is 1. The maximum absolute atomic E-state index is 11.2. The summed E-state index contributed by atoms with van der Waals surface area (Å²) in [6, 6.07) is 5.57. The van der Waals surface area contributed by atoms with Crippen molar-refractivity contribution in [1.82, 2.24) is 9.55 Å². The van der Waals surface area contributed by atoms with Crippen molar-refractivity contribution in [2.75, 3.05) is 6.61 Å². The van der Waals surface area contributed by atoms with Gasteiger partial charge in [-0.05, 0) is 29.9 Å². The SMILES string of the molecule is O=c1ccn(Cc2cc(Br)cc3c2OCC3)c(=S)[nH]1. The molecule has 2 heterocycles. The highest BCUT2D eigenvalue weighted by molar-refractivity contribution is 9.10. The molecular weight excluding hydrogens is 328 g/mol. The summed E-state index contributed by atoms with van der Waals surface area (Å²) in [6.07, 6.45) is 2.63. The molecule has 6 heteroatoms. The van der Waals surface area contributed by atoms with Gasteiger partial charge in [-0.2, -0.15) is 0 Å². The molecule has 1 aromatic heterocycles. The summed E-state index contributed by atoms with van der Waals surface area (Å²) >= 11 is 8.66. The number of aromatic amines is 1. The fraction of sp³-hybridized carbons (Fsp3) is 0.231. The highest BCUT2D eigenvalue weighted by Gasteiger charge is 2.17. The Morgan fingerprint density at radius 1 is 1.47 bits per heavy atom. The average molecular weight is 339 g/mol. The van der Waals surface area contributed by atoms with Crippen LogP contribution in [0, 0.1) is 4.77 Å². The molecular formula is C13H11BrN2O2S. The molecule has 0 radical (unpaired) electrons. The standard InChI is InChI=1S/C13H11BrN2O2S/c14-10-5-8-2-4-18-12(8)9(6-10)7-16-3-1-11(17)15-13(16)19/h1,3,5-6H,2,4,7H2,(H,15,17,19). The average Bonchev–Trinajstić information content (AvgIpc) is 2.80. The zero-order chi connectivity index (χ0) is 13.4. The Labute approximate surface area is 123 Å². The molecule has 0 bridgehead atoms. The second kappa shape index (κ2) is 4.94. The second-order valence-electron chi connectivity index (χ2n) is 4.39. The van der Waals surface area contributed by atoms with E-state index in [0.717, 1.165) is 28.8 Å². The van der Waals surface area contributed by atoms with Crippen LogP contribution in [0.4, 0.5) is 0 Å². The van der Waals surface area contributed by atoms with Crippen LogP contribution >= 0.6 is 28.1 Å². The topological polar surface area (TPSA) is 47.0 Å². The smallest absolute Gasteiger partial charge is 0.251 e. The molecule has 0 atom stereocenters. The number of nitrogens with one attached hydrogen (secondary N) is 1. The first-order valence-electron chi connectivity index (χ1n) is 5.87. The van der Waals surface area contributed by atoms with Crippen LogP contribution in [0.1, 0.15) is 11.1 Å². The maximum atomic E-state index is 11.2. The minimum absolute atomic E-state index is 0.183. The monoisotopic (exact) mass is 338 g/mol. The summed E-state index contributed by atoms with van der Waals surface area (Å²) in [4.78, 5) is 13.8. The zero-order valence-electron chi connectivity index (χ0n) is 9.98. The number of fused-ring (bicyclic) bond motifs is 1. The van der Waals surface area contributed by atoms with E-state index in [1.165, 1.54) is 11.6 Å². The number of hydrogen-bond acceptors (Lipinski definition) is 3. The Kier molecular flexibility index (Phi) is 3.28. The third kappa shape index (κ3) is 2.50. The highest BCUT2D eigenvalue weighted by atomic mass is 79.9. The van der Waals surface area contributed by atoms with Gasteiger partial charge in [-0.1, -0.05) is 15.9 Å². The van der Waals surface area contributed by atoms with E-state index in [2.05, 4.69) is 27.0 Å². The van der Waals surface area contributed by atoms with Gasteiger partial charge in [0.05, 0.1) is 13.2 Å². The zero-order valence-corrected chi connectivity index (χ0v) is 12.4. The van der Waals surface area contributed by atoms with Gasteiger partial charge in [-0.25, -0.2) is 0 Å². The number of H-pyrrole nitrogens is 1. The lowest BCUT2D eigenvalue weighted by molar-refractivity contribution is 0.352. The third-order valence-electron chi connectivity index (χ3n) is 3.06. The van der Waals surface area contributed by atoms with Gasteiger partial charge < -0.3 is 9.30 Å². The van der Waals surface area contributed by atoms with Crippen molar-refractivity contribution >= 4 is 28.1 Å². The molecule has 0 unspecified atom stereocenters. The fourth-order valence-corrected chi connectivity index (χ4v) is 2.99. The molecule has 0 fully saturated rings. The van der Waals surface area contributed by atoms with E-state index < -0.39 is 0 Å². The van der Waals surface area contributed by atoms with Crippen molar-refractivity contribution in [2.24, 2.45) is 0 Å². The number of halogens is 1. The largest absolute Gasteiger partial charge is 0.493 e. The Morgan fingerprint density at radius 2 is 2.32 bits per heavy atom. The van der Waals surface area contributed by atoms with Crippen LogP contribution < -0.4 is 10.3 Å². The number of ether oxygens (including phenoxy) is 1. The van der Waals surface area contributed by atoms with E-state index in [1.807, 2.05) is 10.6 Å². The molecule has 1 aliphatic rings. The third-order valence-corrected chi connectivity index (χ3v) is 3.86. The fourth-order valence-electron chi connectivity index (χ4n) is 2.22. The van der Waals surface area contributed by atoms with E-state index in [-0.39, 0.29) is 5.56 Å². The molecule has 0 saturated carbocycles. The van der Waals surface area contributed by atoms with Crippen LogP contribution in [0.5, 0.6) is 5.75 Å². The van der Waals surface area contributed by atoms with Gasteiger partial charge in [0.1, 0.15) is 5.75 Å². The van der Waals surface area contributed by atoms with Crippen molar-refractivity contribution in [3.05, 3.63) is 55.1 Å². The van der Waals surface area contributed by atoms with Gasteiger partial charge in [0.25, 0.3) is 5.56 Å². The van der Waals surface area contributed by atoms with E-state index in [4.69, 9.17) is 17.0 Å².